The highest BCUT2D eigenvalue weighted by Gasteiger charge is 2.41. The summed E-state index contributed by atoms with van der Waals surface area (Å²) in [6.07, 6.45) is 5.62. The van der Waals surface area contributed by atoms with Gasteiger partial charge >= 0.3 is 0 Å². The van der Waals surface area contributed by atoms with Gasteiger partial charge in [-0.3, -0.25) is 4.79 Å². The number of rotatable bonds is 2. The van der Waals surface area contributed by atoms with Crippen LogP contribution in [0.2, 0.25) is 0 Å². The molecule has 1 saturated carbocycles. The largest absolute Gasteiger partial charge is 0.339 e. The Bertz CT molecular complexity index is 523. The van der Waals surface area contributed by atoms with E-state index in [1.807, 2.05) is 6.07 Å². The number of carbonyl (C=O) groups is 1. The van der Waals surface area contributed by atoms with Crippen molar-refractivity contribution in [2.24, 2.45) is 5.92 Å². The smallest absolute Gasteiger partial charge is 0.270 e. The molecule has 1 N–H and O–H groups in total. The van der Waals surface area contributed by atoms with Crippen LogP contribution >= 0.6 is 15.9 Å². The molecule has 1 aliphatic carbocycles. The molecule has 0 bridgehead atoms. The lowest BCUT2D eigenvalue weighted by Gasteiger charge is -2.24. The molecular formula is C14H18BrN3O. The predicted octanol–water partition coefficient (Wildman–Crippen LogP) is 2.02. The lowest BCUT2D eigenvalue weighted by Crippen LogP contribution is -2.39. The van der Waals surface area contributed by atoms with Crippen LogP contribution < -0.4 is 5.32 Å². The second-order valence-corrected chi connectivity index (χ2v) is 6.87. The average Bonchev–Trinajstić information content (AvgIpc) is 2.83. The first-order chi connectivity index (χ1) is 9.24. The van der Waals surface area contributed by atoms with Crippen LogP contribution in [-0.4, -0.2) is 41.1 Å². The van der Waals surface area contributed by atoms with Gasteiger partial charge in [0.1, 0.15) is 5.69 Å². The quantitative estimate of drug-likeness (QED) is 0.904. The van der Waals surface area contributed by atoms with Gasteiger partial charge in [-0.15, -0.1) is 0 Å². The summed E-state index contributed by atoms with van der Waals surface area (Å²) in [4.78, 5) is 14.9. The maximum atomic E-state index is 12.8. The molecule has 1 aromatic rings. The van der Waals surface area contributed by atoms with E-state index in [1.165, 1.54) is 12.8 Å². The SMILES string of the molecule is O=C(c1cc(Br)cn1C1CC1)N1CC[C@H]2CNC[C@H]21. The summed E-state index contributed by atoms with van der Waals surface area (Å²) >= 11 is 3.51. The van der Waals surface area contributed by atoms with Crippen molar-refractivity contribution < 1.29 is 4.79 Å². The summed E-state index contributed by atoms with van der Waals surface area (Å²) in [5, 5.41) is 3.41. The molecule has 1 aromatic heterocycles. The Labute approximate surface area is 121 Å². The van der Waals surface area contributed by atoms with Crippen molar-refractivity contribution in [2.75, 3.05) is 19.6 Å². The van der Waals surface area contributed by atoms with Gasteiger partial charge in [-0.05, 0) is 47.2 Å². The minimum Gasteiger partial charge on any atom is -0.339 e. The number of fused-ring (bicyclic) bond motifs is 1. The molecule has 4 rings (SSSR count). The van der Waals surface area contributed by atoms with Crippen molar-refractivity contribution in [3.63, 3.8) is 0 Å². The molecule has 0 radical (unpaired) electrons. The number of carbonyl (C=O) groups excluding carboxylic acids is 1. The molecule has 4 nitrogen and oxygen atoms in total. The van der Waals surface area contributed by atoms with Crippen LogP contribution in [0, 0.1) is 5.92 Å². The van der Waals surface area contributed by atoms with Crippen molar-refractivity contribution in [2.45, 2.75) is 31.3 Å². The molecule has 0 unspecified atom stereocenters. The molecule has 0 aromatic carbocycles. The summed E-state index contributed by atoms with van der Waals surface area (Å²) in [5.41, 5.74) is 0.863. The Kier molecular flexibility index (Phi) is 2.74. The highest BCUT2D eigenvalue weighted by atomic mass is 79.9. The van der Waals surface area contributed by atoms with Gasteiger partial charge in [-0.25, -0.2) is 0 Å². The number of nitrogens with one attached hydrogen (secondary N) is 1. The molecule has 1 amide bonds. The number of nitrogens with zero attached hydrogens (tertiary/aromatic N) is 2. The Morgan fingerprint density at radius 3 is 2.95 bits per heavy atom. The summed E-state index contributed by atoms with van der Waals surface area (Å²) in [5.74, 6) is 0.880. The van der Waals surface area contributed by atoms with Gasteiger partial charge in [-0.2, -0.15) is 0 Å². The van der Waals surface area contributed by atoms with Crippen LogP contribution in [0.25, 0.3) is 0 Å². The zero-order chi connectivity index (χ0) is 13.0. The van der Waals surface area contributed by atoms with Crippen molar-refractivity contribution in [3.8, 4) is 0 Å². The average molecular weight is 324 g/mol. The van der Waals surface area contributed by atoms with E-state index in [4.69, 9.17) is 0 Å². The Morgan fingerprint density at radius 2 is 2.16 bits per heavy atom. The van der Waals surface area contributed by atoms with Crippen LogP contribution in [0.3, 0.4) is 0 Å². The third kappa shape index (κ3) is 1.94. The van der Waals surface area contributed by atoms with E-state index in [0.29, 0.717) is 18.0 Å². The van der Waals surface area contributed by atoms with Crippen molar-refractivity contribution in [1.82, 2.24) is 14.8 Å². The molecule has 2 saturated heterocycles. The monoisotopic (exact) mass is 323 g/mol. The minimum atomic E-state index is 0.216. The Balaban J connectivity index is 1.63. The Morgan fingerprint density at radius 1 is 1.32 bits per heavy atom. The molecular weight excluding hydrogens is 306 g/mol. The van der Waals surface area contributed by atoms with E-state index in [-0.39, 0.29) is 5.91 Å². The molecule has 3 heterocycles. The third-order valence-electron chi connectivity index (χ3n) is 4.68. The first kappa shape index (κ1) is 12.0. The zero-order valence-corrected chi connectivity index (χ0v) is 12.4. The summed E-state index contributed by atoms with van der Waals surface area (Å²) in [6, 6.07) is 2.94. The number of hydrogen-bond donors (Lipinski definition) is 1. The van der Waals surface area contributed by atoms with Gasteiger partial charge in [0.2, 0.25) is 0 Å². The predicted molar refractivity (Wildman–Crippen MR) is 76.2 cm³/mol. The van der Waals surface area contributed by atoms with Gasteiger partial charge in [-0.1, -0.05) is 0 Å². The fraction of sp³-hybridized carbons (Fsp3) is 0.643. The zero-order valence-electron chi connectivity index (χ0n) is 10.8. The maximum absolute atomic E-state index is 12.8. The fourth-order valence-electron chi connectivity index (χ4n) is 3.52. The molecule has 5 heteroatoms. The summed E-state index contributed by atoms with van der Waals surface area (Å²) in [7, 11) is 0. The van der Waals surface area contributed by atoms with E-state index < -0.39 is 0 Å². The number of likely N-dealkylation sites (tertiary alicyclic amines) is 1. The first-order valence-corrected chi connectivity index (χ1v) is 7.92. The van der Waals surface area contributed by atoms with Gasteiger partial charge in [0.15, 0.2) is 0 Å². The summed E-state index contributed by atoms with van der Waals surface area (Å²) < 4.78 is 3.19. The van der Waals surface area contributed by atoms with Gasteiger partial charge < -0.3 is 14.8 Å². The maximum Gasteiger partial charge on any atom is 0.270 e. The Hall–Kier alpha value is -0.810. The fourth-order valence-corrected chi connectivity index (χ4v) is 3.96. The van der Waals surface area contributed by atoms with E-state index in [9.17, 15) is 4.79 Å². The number of hydrogen-bond acceptors (Lipinski definition) is 2. The van der Waals surface area contributed by atoms with E-state index >= 15 is 0 Å². The van der Waals surface area contributed by atoms with Crippen LogP contribution in [0.1, 0.15) is 35.8 Å². The highest BCUT2D eigenvalue weighted by molar-refractivity contribution is 9.10. The number of amides is 1. The molecule has 3 fully saturated rings. The third-order valence-corrected chi connectivity index (χ3v) is 5.11. The van der Waals surface area contributed by atoms with Gasteiger partial charge in [0.05, 0.1) is 0 Å². The van der Waals surface area contributed by atoms with Crippen LogP contribution in [0.5, 0.6) is 0 Å². The lowest BCUT2D eigenvalue weighted by molar-refractivity contribution is 0.0726. The number of halogens is 1. The summed E-state index contributed by atoms with van der Waals surface area (Å²) in [6.45, 7) is 2.95. The van der Waals surface area contributed by atoms with E-state index in [0.717, 1.165) is 36.2 Å². The van der Waals surface area contributed by atoms with Crippen LogP contribution in [0.4, 0.5) is 0 Å². The molecule has 0 spiro atoms. The minimum absolute atomic E-state index is 0.216. The molecule has 19 heavy (non-hydrogen) atoms. The van der Waals surface area contributed by atoms with Gasteiger partial charge in [0.25, 0.3) is 5.91 Å². The van der Waals surface area contributed by atoms with Crippen molar-refractivity contribution in [1.29, 1.82) is 0 Å². The topological polar surface area (TPSA) is 37.3 Å². The van der Waals surface area contributed by atoms with Crippen molar-refractivity contribution >= 4 is 21.8 Å². The van der Waals surface area contributed by atoms with Crippen molar-refractivity contribution in [3.05, 3.63) is 22.4 Å². The molecule has 102 valence electrons. The number of aromatic nitrogens is 1. The first-order valence-electron chi connectivity index (χ1n) is 7.13. The highest BCUT2D eigenvalue weighted by Crippen LogP contribution is 2.38. The van der Waals surface area contributed by atoms with E-state index in [2.05, 4.69) is 36.9 Å². The second-order valence-electron chi connectivity index (χ2n) is 5.95. The lowest BCUT2D eigenvalue weighted by atomic mass is 10.1. The van der Waals surface area contributed by atoms with Crippen LogP contribution in [0.15, 0.2) is 16.7 Å². The second kappa shape index (κ2) is 4.35. The van der Waals surface area contributed by atoms with Gasteiger partial charge in [0, 0.05) is 42.4 Å². The van der Waals surface area contributed by atoms with Crippen LogP contribution in [-0.2, 0) is 0 Å². The molecule has 3 aliphatic rings. The molecule has 2 aliphatic heterocycles. The normalized spacial score (nSPS) is 29.8. The molecule has 2 atom stereocenters. The van der Waals surface area contributed by atoms with E-state index in [1.54, 1.807) is 0 Å². The standard InChI is InChI=1S/C14H18BrN3O/c15-10-5-12(18(8-10)11-1-2-11)14(19)17-4-3-9-6-16-7-13(9)17/h5,8-9,11,13,16H,1-4,6-7H2/t9-,13+/m0/s1.